The molecule has 0 radical (unpaired) electrons. The van der Waals surface area contributed by atoms with Crippen LogP contribution in [0, 0.1) is 5.92 Å². The molecule has 2 unspecified atom stereocenters. The third kappa shape index (κ3) is 2.96. The van der Waals surface area contributed by atoms with E-state index >= 15 is 0 Å². The molecule has 0 amide bonds. The fourth-order valence-electron chi connectivity index (χ4n) is 2.45. The molecule has 1 saturated heterocycles. The summed E-state index contributed by atoms with van der Waals surface area (Å²) in [6, 6.07) is 8.15. The Kier molecular flexibility index (Phi) is 3.92. The van der Waals surface area contributed by atoms with E-state index in [4.69, 9.17) is 5.11 Å². The van der Waals surface area contributed by atoms with Gasteiger partial charge in [-0.15, -0.1) is 0 Å². The number of nitrogens with one attached hydrogen (secondary N) is 1. The van der Waals surface area contributed by atoms with Crippen molar-refractivity contribution in [3.8, 4) is 0 Å². The number of aliphatic hydroxyl groups excluding tert-OH is 1. The monoisotopic (exact) mass is 263 g/mol. The predicted molar refractivity (Wildman–Crippen MR) is 73.0 cm³/mol. The maximum absolute atomic E-state index is 11.0. The third-order valence-corrected chi connectivity index (χ3v) is 3.95. The Labute approximate surface area is 113 Å². The average molecular weight is 263 g/mol. The van der Waals surface area contributed by atoms with Gasteiger partial charge in [0.25, 0.3) is 0 Å². The molecule has 4 nitrogen and oxygen atoms in total. The molecule has 1 aliphatic rings. The smallest absolute Gasteiger partial charge is 0.307 e. The van der Waals surface area contributed by atoms with Gasteiger partial charge in [0.2, 0.25) is 0 Å². The van der Waals surface area contributed by atoms with Crippen molar-refractivity contribution in [1.29, 1.82) is 0 Å². The zero-order chi connectivity index (χ0) is 14.0. The van der Waals surface area contributed by atoms with Crippen molar-refractivity contribution in [3.63, 3.8) is 0 Å². The normalized spacial score (nSPS) is 23.5. The summed E-state index contributed by atoms with van der Waals surface area (Å²) in [6.07, 6.45) is 0.623. The highest BCUT2D eigenvalue weighted by Crippen LogP contribution is 2.30. The van der Waals surface area contributed by atoms with Crippen LogP contribution in [-0.4, -0.2) is 29.3 Å². The molecule has 1 fully saturated rings. The molecule has 1 aliphatic heterocycles. The molecule has 2 atom stereocenters. The Morgan fingerprint density at radius 3 is 2.79 bits per heavy atom. The van der Waals surface area contributed by atoms with Crippen molar-refractivity contribution in [3.05, 3.63) is 35.4 Å². The van der Waals surface area contributed by atoms with E-state index in [0.29, 0.717) is 13.0 Å². The molecule has 1 aromatic rings. The molecule has 4 heteroatoms. The molecule has 0 aromatic heterocycles. The highest BCUT2D eigenvalue weighted by molar-refractivity contribution is 5.70. The van der Waals surface area contributed by atoms with Crippen LogP contribution in [0.25, 0.3) is 0 Å². The van der Waals surface area contributed by atoms with Gasteiger partial charge in [-0.1, -0.05) is 38.1 Å². The Morgan fingerprint density at radius 1 is 1.47 bits per heavy atom. The lowest BCUT2D eigenvalue weighted by Gasteiger charge is -2.24. The van der Waals surface area contributed by atoms with Gasteiger partial charge in [0.1, 0.15) is 0 Å². The first kappa shape index (κ1) is 14.0. The van der Waals surface area contributed by atoms with E-state index in [0.717, 1.165) is 11.1 Å². The number of hydrogen-bond donors (Lipinski definition) is 3. The van der Waals surface area contributed by atoms with Crippen LogP contribution in [0.15, 0.2) is 24.3 Å². The summed E-state index contributed by atoms with van der Waals surface area (Å²) in [7, 11) is 0. The van der Waals surface area contributed by atoms with Gasteiger partial charge in [-0.05, 0) is 17.5 Å². The van der Waals surface area contributed by atoms with Gasteiger partial charge < -0.3 is 15.5 Å². The summed E-state index contributed by atoms with van der Waals surface area (Å²) >= 11 is 0. The van der Waals surface area contributed by atoms with E-state index in [1.807, 2.05) is 32.0 Å². The number of benzene rings is 1. The number of rotatable bonds is 4. The second-order valence-corrected chi connectivity index (χ2v) is 5.90. The van der Waals surface area contributed by atoms with Crippen LogP contribution in [-0.2, 0) is 10.2 Å². The molecule has 104 valence electrons. The van der Waals surface area contributed by atoms with Gasteiger partial charge in [0, 0.05) is 18.0 Å². The standard InChI is InChI=1S/C15H21NO3/c1-15(2,9-17)12-5-3-4-10(6-12)13-7-11(8-16-13)14(18)19/h3-6,11,13,16-17H,7-9H2,1-2H3,(H,18,19). The Bertz CT molecular complexity index is 470. The minimum Gasteiger partial charge on any atom is -0.481 e. The van der Waals surface area contributed by atoms with Crippen LogP contribution >= 0.6 is 0 Å². The molecule has 1 heterocycles. The minimum absolute atomic E-state index is 0.0896. The van der Waals surface area contributed by atoms with E-state index in [-0.39, 0.29) is 24.0 Å². The van der Waals surface area contributed by atoms with E-state index in [1.165, 1.54) is 0 Å². The van der Waals surface area contributed by atoms with Crippen LogP contribution in [0.5, 0.6) is 0 Å². The summed E-state index contributed by atoms with van der Waals surface area (Å²) in [4.78, 5) is 11.0. The number of carboxylic acid groups (broad SMARTS) is 1. The number of aliphatic carboxylic acids is 1. The second kappa shape index (κ2) is 5.31. The molecule has 19 heavy (non-hydrogen) atoms. The van der Waals surface area contributed by atoms with Crippen molar-refractivity contribution in [2.24, 2.45) is 5.92 Å². The van der Waals surface area contributed by atoms with Gasteiger partial charge in [-0.25, -0.2) is 0 Å². The van der Waals surface area contributed by atoms with Crippen molar-refractivity contribution < 1.29 is 15.0 Å². The van der Waals surface area contributed by atoms with Gasteiger partial charge in [-0.3, -0.25) is 4.79 Å². The lowest BCUT2D eigenvalue weighted by Crippen LogP contribution is -2.22. The Hall–Kier alpha value is -1.39. The van der Waals surface area contributed by atoms with Crippen molar-refractivity contribution >= 4 is 5.97 Å². The summed E-state index contributed by atoms with van der Waals surface area (Å²) < 4.78 is 0. The molecule has 3 N–H and O–H groups in total. The maximum atomic E-state index is 11.0. The van der Waals surface area contributed by atoms with Crippen LogP contribution in [0.4, 0.5) is 0 Å². The number of aliphatic hydroxyl groups is 1. The molecule has 0 spiro atoms. The zero-order valence-electron chi connectivity index (χ0n) is 11.4. The summed E-state index contributed by atoms with van der Waals surface area (Å²) in [5.74, 6) is -1.04. The van der Waals surface area contributed by atoms with Gasteiger partial charge in [0.05, 0.1) is 12.5 Å². The highest BCUT2D eigenvalue weighted by Gasteiger charge is 2.30. The Balaban J connectivity index is 2.19. The lowest BCUT2D eigenvalue weighted by atomic mass is 9.84. The zero-order valence-corrected chi connectivity index (χ0v) is 11.4. The summed E-state index contributed by atoms with van der Waals surface area (Å²) in [6.45, 7) is 4.60. The van der Waals surface area contributed by atoms with Crippen molar-refractivity contribution in [2.45, 2.75) is 31.7 Å². The number of carboxylic acids is 1. The van der Waals surface area contributed by atoms with Gasteiger partial charge in [0.15, 0.2) is 0 Å². The van der Waals surface area contributed by atoms with E-state index in [1.54, 1.807) is 0 Å². The largest absolute Gasteiger partial charge is 0.481 e. The predicted octanol–water partition coefficient (Wildman–Crippen LogP) is 1.69. The Morgan fingerprint density at radius 2 is 2.21 bits per heavy atom. The molecular weight excluding hydrogens is 242 g/mol. The lowest BCUT2D eigenvalue weighted by molar-refractivity contribution is -0.141. The van der Waals surface area contributed by atoms with Crippen molar-refractivity contribution in [1.82, 2.24) is 5.32 Å². The molecule has 0 aliphatic carbocycles. The SMILES string of the molecule is CC(C)(CO)c1cccc(C2CC(C(=O)O)CN2)c1. The first-order chi connectivity index (χ1) is 8.94. The minimum atomic E-state index is -0.734. The molecule has 0 saturated carbocycles. The molecule has 1 aromatic carbocycles. The van der Waals surface area contributed by atoms with Crippen molar-refractivity contribution in [2.75, 3.05) is 13.2 Å². The number of carbonyl (C=O) groups is 1. The van der Waals surface area contributed by atoms with Crippen LogP contribution < -0.4 is 5.32 Å². The third-order valence-electron chi connectivity index (χ3n) is 3.95. The molecule has 0 bridgehead atoms. The highest BCUT2D eigenvalue weighted by atomic mass is 16.4. The first-order valence-corrected chi connectivity index (χ1v) is 6.61. The average Bonchev–Trinajstić information content (AvgIpc) is 2.89. The van der Waals surface area contributed by atoms with E-state index in [2.05, 4.69) is 11.4 Å². The summed E-state index contributed by atoms with van der Waals surface area (Å²) in [5, 5.41) is 21.7. The molecule has 2 rings (SSSR count). The second-order valence-electron chi connectivity index (χ2n) is 5.90. The van der Waals surface area contributed by atoms with Crippen LogP contribution in [0.1, 0.15) is 37.4 Å². The van der Waals surface area contributed by atoms with Gasteiger partial charge >= 0.3 is 5.97 Å². The first-order valence-electron chi connectivity index (χ1n) is 6.61. The van der Waals surface area contributed by atoms with Crippen LogP contribution in [0.2, 0.25) is 0 Å². The van der Waals surface area contributed by atoms with E-state index < -0.39 is 5.97 Å². The number of hydrogen-bond acceptors (Lipinski definition) is 3. The fraction of sp³-hybridized carbons (Fsp3) is 0.533. The topological polar surface area (TPSA) is 69.6 Å². The van der Waals surface area contributed by atoms with Crippen LogP contribution in [0.3, 0.4) is 0 Å². The summed E-state index contributed by atoms with van der Waals surface area (Å²) in [5.41, 5.74) is 1.90. The fourth-order valence-corrected chi connectivity index (χ4v) is 2.45. The van der Waals surface area contributed by atoms with Gasteiger partial charge in [-0.2, -0.15) is 0 Å². The van der Waals surface area contributed by atoms with E-state index in [9.17, 15) is 9.90 Å². The molecular formula is C15H21NO3. The maximum Gasteiger partial charge on any atom is 0.307 e. The quantitative estimate of drug-likeness (QED) is 0.773.